The van der Waals surface area contributed by atoms with Crippen LogP contribution in [-0.4, -0.2) is 23.9 Å². The summed E-state index contributed by atoms with van der Waals surface area (Å²) in [6.07, 6.45) is 2.23. The Balaban J connectivity index is 2.24. The second-order valence-electron chi connectivity index (χ2n) is 4.60. The Morgan fingerprint density at radius 2 is 2.00 bits per heavy atom. The third-order valence-electron chi connectivity index (χ3n) is 3.12. The lowest BCUT2D eigenvalue weighted by atomic mass is 9.99. The van der Waals surface area contributed by atoms with E-state index < -0.39 is 0 Å². The third kappa shape index (κ3) is 2.75. The fourth-order valence-corrected chi connectivity index (χ4v) is 2.79. The molecule has 0 radical (unpaired) electrons. The number of likely N-dealkylation sites (tertiary alicyclic amines) is 1. The van der Waals surface area contributed by atoms with Crippen molar-refractivity contribution in [3.8, 4) is 0 Å². The first-order chi connectivity index (χ1) is 8.09. The highest BCUT2D eigenvalue weighted by Crippen LogP contribution is 2.27. The number of halogens is 2. The molecule has 4 heteroatoms. The molecule has 1 fully saturated rings. The van der Waals surface area contributed by atoms with Gasteiger partial charge in [-0.05, 0) is 30.9 Å². The van der Waals surface area contributed by atoms with Gasteiger partial charge >= 0.3 is 0 Å². The third-order valence-corrected chi connectivity index (χ3v) is 3.75. The highest BCUT2D eigenvalue weighted by molar-refractivity contribution is 6.39. The number of carbonyl (C=O) groups is 1. The Hall–Kier alpha value is -0.730. The van der Waals surface area contributed by atoms with Crippen LogP contribution in [0, 0.1) is 5.92 Å². The van der Waals surface area contributed by atoms with E-state index >= 15 is 0 Å². The van der Waals surface area contributed by atoms with Gasteiger partial charge in [-0.25, -0.2) is 0 Å². The van der Waals surface area contributed by atoms with E-state index in [1.807, 2.05) is 4.90 Å². The smallest absolute Gasteiger partial charge is 0.256 e. The van der Waals surface area contributed by atoms with E-state index in [2.05, 4.69) is 6.92 Å². The molecule has 0 aromatic heterocycles. The van der Waals surface area contributed by atoms with Crippen LogP contribution in [0.25, 0.3) is 0 Å². The Bertz CT molecular complexity index is 413. The van der Waals surface area contributed by atoms with E-state index in [0.717, 1.165) is 19.5 Å². The van der Waals surface area contributed by atoms with Gasteiger partial charge in [0, 0.05) is 13.1 Å². The van der Waals surface area contributed by atoms with Gasteiger partial charge < -0.3 is 4.90 Å². The molecular weight excluding hydrogens is 257 g/mol. The van der Waals surface area contributed by atoms with Gasteiger partial charge in [0.1, 0.15) is 0 Å². The van der Waals surface area contributed by atoms with Crippen molar-refractivity contribution < 1.29 is 4.79 Å². The van der Waals surface area contributed by atoms with Gasteiger partial charge in [0.15, 0.2) is 0 Å². The van der Waals surface area contributed by atoms with E-state index in [1.54, 1.807) is 18.2 Å². The van der Waals surface area contributed by atoms with Gasteiger partial charge in [0.2, 0.25) is 0 Å². The monoisotopic (exact) mass is 271 g/mol. The SMILES string of the molecule is C[C@@H]1CCCN(C(=O)c2c(Cl)cccc2Cl)C1. The molecule has 1 heterocycles. The largest absolute Gasteiger partial charge is 0.338 e. The average Bonchev–Trinajstić information content (AvgIpc) is 2.28. The molecule has 1 aromatic carbocycles. The standard InChI is InChI=1S/C13H15Cl2NO/c1-9-4-3-7-16(8-9)13(17)12-10(14)5-2-6-11(12)15/h2,5-6,9H,3-4,7-8H2,1H3/t9-/m1/s1. The summed E-state index contributed by atoms with van der Waals surface area (Å²) in [5.74, 6) is 0.501. The molecule has 2 nitrogen and oxygen atoms in total. The minimum atomic E-state index is -0.0489. The predicted octanol–water partition coefficient (Wildman–Crippen LogP) is 3.87. The maximum absolute atomic E-state index is 12.3. The molecule has 0 N–H and O–H groups in total. The topological polar surface area (TPSA) is 20.3 Å². The number of nitrogens with zero attached hydrogens (tertiary/aromatic N) is 1. The Kier molecular flexibility index (Phi) is 3.95. The molecule has 0 spiro atoms. The fraction of sp³-hybridized carbons (Fsp3) is 0.462. The summed E-state index contributed by atoms with van der Waals surface area (Å²) in [7, 11) is 0. The molecule has 0 aliphatic carbocycles. The van der Waals surface area contributed by atoms with Crippen molar-refractivity contribution in [3.05, 3.63) is 33.8 Å². The van der Waals surface area contributed by atoms with Gasteiger partial charge in [-0.15, -0.1) is 0 Å². The van der Waals surface area contributed by atoms with Crippen LogP contribution in [-0.2, 0) is 0 Å². The number of benzene rings is 1. The molecule has 0 unspecified atom stereocenters. The summed E-state index contributed by atoms with van der Waals surface area (Å²) >= 11 is 12.1. The van der Waals surface area contributed by atoms with Gasteiger partial charge in [-0.2, -0.15) is 0 Å². The van der Waals surface area contributed by atoms with E-state index in [0.29, 0.717) is 21.5 Å². The van der Waals surface area contributed by atoms with Crippen LogP contribution < -0.4 is 0 Å². The normalized spacial score (nSPS) is 20.4. The molecule has 92 valence electrons. The second-order valence-corrected chi connectivity index (χ2v) is 5.41. The van der Waals surface area contributed by atoms with Crippen molar-refractivity contribution in [2.45, 2.75) is 19.8 Å². The molecule has 2 rings (SSSR count). The summed E-state index contributed by atoms with van der Waals surface area (Å²) in [4.78, 5) is 14.2. The van der Waals surface area contributed by atoms with Crippen LogP contribution in [0.4, 0.5) is 0 Å². The summed E-state index contributed by atoms with van der Waals surface area (Å²) in [6, 6.07) is 5.16. The summed E-state index contributed by atoms with van der Waals surface area (Å²) in [5.41, 5.74) is 0.435. The van der Waals surface area contributed by atoms with Crippen LogP contribution in [0.3, 0.4) is 0 Å². The molecule has 1 aliphatic rings. The Labute approximate surface area is 112 Å². The van der Waals surface area contributed by atoms with Crippen LogP contribution in [0.1, 0.15) is 30.1 Å². The average molecular weight is 272 g/mol. The first-order valence-electron chi connectivity index (χ1n) is 5.83. The molecule has 1 amide bonds. The molecule has 1 atom stereocenters. The van der Waals surface area contributed by atoms with Crippen molar-refractivity contribution >= 4 is 29.1 Å². The lowest BCUT2D eigenvalue weighted by Gasteiger charge is -2.31. The summed E-state index contributed by atoms with van der Waals surface area (Å²) in [6.45, 7) is 3.75. The second kappa shape index (κ2) is 5.28. The van der Waals surface area contributed by atoms with E-state index in [9.17, 15) is 4.79 Å². The minimum absolute atomic E-state index is 0.0489. The number of piperidine rings is 1. The zero-order valence-corrected chi connectivity index (χ0v) is 11.3. The maximum atomic E-state index is 12.3. The highest BCUT2D eigenvalue weighted by Gasteiger charge is 2.25. The van der Waals surface area contributed by atoms with Crippen molar-refractivity contribution in [2.75, 3.05) is 13.1 Å². The molecule has 1 saturated heterocycles. The van der Waals surface area contributed by atoms with Crippen molar-refractivity contribution in [1.82, 2.24) is 4.90 Å². The lowest BCUT2D eigenvalue weighted by Crippen LogP contribution is -2.39. The van der Waals surface area contributed by atoms with Crippen molar-refractivity contribution in [2.24, 2.45) is 5.92 Å². The molecular formula is C13H15Cl2NO. The Morgan fingerprint density at radius 1 is 1.35 bits per heavy atom. The molecule has 0 saturated carbocycles. The summed E-state index contributed by atoms with van der Waals surface area (Å²) in [5, 5.41) is 0.862. The van der Waals surface area contributed by atoms with Gasteiger partial charge in [-0.3, -0.25) is 4.79 Å². The predicted molar refractivity (Wildman–Crippen MR) is 70.8 cm³/mol. The highest BCUT2D eigenvalue weighted by atomic mass is 35.5. The lowest BCUT2D eigenvalue weighted by molar-refractivity contribution is 0.0683. The zero-order chi connectivity index (χ0) is 12.4. The number of carbonyl (C=O) groups excluding carboxylic acids is 1. The van der Waals surface area contributed by atoms with Crippen LogP contribution in [0.15, 0.2) is 18.2 Å². The fourth-order valence-electron chi connectivity index (χ4n) is 2.23. The van der Waals surface area contributed by atoms with Crippen LogP contribution in [0.2, 0.25) is 10.0 Å². The maximum Gasteiger partial charge on any atom is 0.256 e. The first kappa shape index (κ1) is 12.7. The number of hydrogen-bond donors (Lipinski definition) is 0. The Morgan fingerprint density at radius 3 is 2.59 bits per heavy atom. The minimum Gasteiger partial charge on any atom is -0.338 e. The molecule has 1 aliphatic heterocycles. The van der Waals surface area contributed by atoms with E-state index in [1.165, 1.54) is 6.42 Å². The molecule has 0 bridgehead atoms. The van der Waals surface area contributed by atoms with Gasteiger partial charge in [-0.1, -0.05) is 36.2 Å². The van der Waals surface area contributed by atoms with Crippen LogP contribution in [0.5, 0.6) is 0 Å². The van der Waals surface area contributed by atoms with Gasteiger partial charge in [0.25, 0.3) is 5.91 Å². The van der Waals surface area contributed by atoms with E-state index in [4.69, 9.17) is 23.2 Å². The van der Waals surface area contributed by atoms with E-state index in [-0.39, 0.29) is 5.91 Å². The molecule has 1 aromatic rings. The van der Waals surface area contributed by atoms with Crippen LogP contribution >= 0.6 is 23.2 Å². The number of rotatable bonds is 1. The number of hydrogen-bond acceptors (Lipinski definition) is 1. The van der Waals surface area contributed by atoms with Crippen molar-refractivity contribution in [3.63, 3.8) is 0 Å². The zero-order valence-electron chi connectivity index (χ0n) is 9.75. The van der Waals surface area contributed by atoms with Gasteiger partial charge in [0.05, 0.1) is 15.6 Å². The first-order valence-corrected chi connectivity index (χ1v) is 6.58. The number of amides is 1. The quantitative estimate of drug-likeness (QED) is 0.760. The van der Waals surface area contributed by atoms with Crippen molar-refractivity contribution in [1.29, 1.82) is 0 Å². The summed E-state index contributed by atoms with van der Waals surface area (Å²) < 4.78 is 0. The molecule has 17 heavy (non-hydrogen) atoms.